The van der Waals surface area contributed by atoms with Crippen LogP contribution < -0.4 is 10.6 Å². The first kappa shape index (κ1) is 20.9. The summed E-state index contributed by atoms with van der Waals surface area (Å²) in [5.41, 5.74) is 1.32. The van der Waals surface area contributed by atoms with E-state index in [1.165, 1.54) is 25.7 Å². The molecule has 0 radical (unpaired) electrons. The van der Waals surface area contributed by atoms with Gasteiger partial charge >= 0.3 is 0 Å². The Morgan fingerprint density at radius 2 is 1.73 bits per heavy atom. The minimum atomic E-state index is -0.415. The molecule has 2 aliphatic rings. The predicted octanol–water partition coefficient (Wildman–Crippen LogP) is 5.14. The Bertz CT molecular complexity index is 901. The van der Waals surface area contributed by atoms with Gasteiger partial charge in [0.15, 0.2) is 0 Å². The third-order valence-electron chi connectivity index (χ3n) is 6.84. The predicted molar refractivity (Wildman–Crippen MR) is 119 cm³/mol. The van der Waals surface area contributed by atoms with Gasteiger partial charge in [0.05, 0.1) is 23.0 Å². The highest BCUT2D eigenvalue weighted by Gasteiger charge is 2.42. The molecule has 5 heteroatoms. The first-order valence-electron chi connectivity index (χ1n) is 10.9. The number of hydrogen-bond acceptors (Lipinski definition) is 2. The Morgan fingerprint density at radius 3 is 2.40 bits per heavy atom. The summed E-state index contributed by atoms with van der Waals surface area (Å²) in [6.07, 6.45) is 5.41. The quantitative estimate of drug-likeness (QED) is 0.646. The lowest BCUT2D eigenvalue weighted by Crippen LogP contribution is -2.42. The van der Waals surface area contributed by atoms with E-state index < -0.39 is 6.04 Å². The van der Waals surface area contributed by atoms with Gasteiger partial charge in [0.2, 0.25) is 5.91 Å². The molecule has 2 aliphatic carbocycles. The largest absolute Gasteiger partial charge is 0.353 e. The Hall–Kier alpha value is -2.33. The van der Waals surface area contributed by atoms with E-state index in [1.807, 2.05) is 30.3 Å². The number of halogens is 1. The number of amides is 2. The van der Waals surface area contributed by atoms with Gasteiger partial charge in [0.1, 0.15) is 0 Å². The molecule has 0 heterocycles. The van der Waals surface area contributed by atoms with Gasteiger partial charge in [-0.2, -0.15) is 0 Å². The summed E-state index contributed by atoms with van der Waals surface area (Å²) in [5, 5.41) is 6.62. The monoisotopic (exact) mass is 424 g/mol. The molecule has 2 amide bonds. The number of nitrogens with one attached hydrogen (secondary N) is 2. The molecule has 0 unspecified atom stereocenters. The average molecular weight is 425 g/mol. The summed E-state index contributed by atoms with van der Waals surface area (Å²) in [5.74, 6) is 1.89. The zero-order valence-electron chi connectivity index (χ0n) is 17.3. The molecule has 4 nitrogen and oxygen atoms in total. The second-order valence-corrected chi connectivity index (χ2v) is 9.22. The van der Waals surface area contributed by atoms with Crippen molar-refractivity contribution in [1.29, 1.82) is 0 Å². The second kappa shape index (κ2) is 9.22. The maximum absolute atomic E-state index is 12.9. The van der Waals surface area contributed by atoms with Crippen molar-refractivity contribution in [3.05, 3.63) is 70.7 Å². The van der Waals surface area contributed by atoms with Crippen LogP contribution >= 0.6 is 11.6 Å². The van der Waals surface area contributed by atoms with Crippen molar-refractivity contribution >= 4 is 23.4 Å². The van der Waals surface area contributed by atoms with Crippen molar-refractivity contribution in [3.8, 4) is 0 Å². The molecule has 0 aromatic heterocycles. The van der Waals surface area contributed by atoms with E-state index in [4.69, 9.17) is 11.6 Å². The first-order valence-corrected chi connectivity index (χ1v) is 11.3. The maximum Gasteiger partial charge on any atom is 0.253 e. The molecule has 5 atom stereocenters. The summed E-state index contributed by atoms with van der Waals surface area (Å²) in [6, 6.07) is 16.3. The van der Waals surface area contributed by atoms with Crippen molar-refractivity contribution in [3.63, 3.8) is 0 Å². The number of carbonyl (C=O) groups is 2. The third-order valence-corrected chi connectivity index (χ3v) is 7.17. The van der Waals surface area contributed by atoms with E-state index in [0.29, 0.717) is 16.5 Å². The zero-order chi connectivity index (χ0) is 21.1. The van der Waals surface area contributed by atoms with Crippen molar-refractivity contribution in [2.45, 2.75) is 51.1 Å². The van der Waals surface area contributed by atoms with Crippen LogP contribution in [0.25, 0.3) is 0 Å². The van der Waals surface area contributed by atoms with E-state index in [9.17, 15) is 9.59 Å². The molecule has 30 heavy (non-hydrogen) atoms. The smallest absolute Gasteiger partial charge is 0.253 e. The number of carbonyl (C=O) groups excluding carboxylic acids is 2. The van der Waals surface area contributed by atoms with Gasteiger partial charge in [-0.25, -0.2) is 0 Å². The number of hydrogen-bond donors (Lipinski definition) is 2. The van der Waals surface area contributed by atoms with E-state index in [-0.39, 0.29) is 24.3 Å². The molecule has 2 aromatic carbocycles. The Balaban J connectivity index is 1.43. The van der Waals surface area contributed by atoms with Gasteiger partial charge in [-0.15, -0.1) is 0 Å². The topological polar surface area (TPSA) is 58.2 Å². The highest BCUT2D eigenvalue weighted by Crippen LogP contribution is 2.49. The van der Waals surface area contributed by atoms with Gasteiger partial charge < -0.3 is 10.6 Å². The van der Waals surface area contributed by atoms with Crippen LogP contribution in [-0.2, 0) is 4.79 Å². The third kappa shape index (κ3) is 4.70. The van der Waals surface area contributed by atoms with Crippen LogP contribution in [0.4, 0.5) is 0 Å². The Labute approximate surface area is 183 Å². The molecular formula is C25H29ClN2O2. The average Bonchev–Trinajstić information content (AvgIpc) is 3.38. The van der Waals surface area contributed by atoms with Crippen LogP contribution in [0.15, 0.2) is 54.6 Å². The molecule has 2 N–H and O–H groups in total. The second-order valence-electron chi connectivity index (χ2n) is 8.82. The lowest BCUT2D eigenvalue weighted by atomic mass is 9.84. The summed E-state index contributed by atoms with van der Waals surface area (Å²) in [4.78, 5) is 25.7. The van der Waals surface area contributed by atoms with Crippen LogP contribution in [0.5, 0.6) is 0 Å². The van der Waals surface area contributed by atoms with Crippen molar-refractivity contribution < 1.29 is 9.59 Å². The standard InChI is InChI=1S/C25H29ClN2O2/c1-16(21-14-17-11-12-19(21)13-17)27-24(29)15-23(18-7-3-2-4-8-18)28-25(30)20-9-5-6-10-22(20)26/h2-10,16-17,19,21,23H,11-15H2,1H3,(H,27,29)(H,28,30)/t16-,17-,19-,21+,23-/m0/s1. The molecule has 158 valence electrons. The van der Waals surface area contributed by atoms with Gasteiger partial charge in [0, 0.05) is 6.04 Å². The Kier molecular flexibility index (Phi) is 6.43. The molecule has 2 saturated carbocycles. The van der Waals surface area contributed by atoms with E-state index in [0.717, 1.165) is 17.4 Å². The molecule has 2 aromatic rings. The fraction of sp³-hybridized carbons (Fsp3) is 0.440. The first-order chi connectivity index (χ1) is 14.5. The molecule has 4 rings (SSSR count). The molecule has 0 saturated heterocycles. The van der Waals surface area contributed by atoms with Gasteiger partial charge in [-0.1, -0.05) is 60.5 Å². The molecule has 0 aliphatic heterocycles. The maximum atomic E-state index is 12.9. The van der Waals surface area contributed by atoms with Crippen LogP contribution in [-0.4, -0.2) is 17.9 Å². The summed E-state index contributed by atoms with van der Waals surface area (Å²) < 4.78 is 0. The molecule has 2 fully saturated rings. The van der Waals surface area contributed by atoms with Crippen LogP contribution in [0, 0.1) is 17.8 Å². The molecular weight excluding hydrogens is 396 g/mol. The lowest BCUT2D eigenvalue weighted by Gasteiger charge is -2.29. The van der Waals surface area contributed by atoms with Crippen molar-refractivity contribution in [2.75, 3.05) is 0 Å². The van der Waals surface area contributed by atoms with Crippen LogP contribution in [0.2, 0.25) is 5.02 Å². The lowest BCUT2D eigenvalue weighted by molar-refractivity contribution is -0.122. The normalized spacial score (nSPS) is 24.3. The van der Waals surface area contributed by atoms with Gasteiger partial charge in [-0.3, -0.25) is 9.59 Å². The zero-order valence-corrected chi connectivity index (χ0v) is 18.1. The highest BCUT2D eigenvalue weighted by atomic mass is 35.5. The fourth-order valence-corrected chi connectivity index (χ4v) is 5.55. The molecule has 0 spiro atoms. The summed E-state index contributed by atoms with van der Waals surface area (Å²) in [6.45, 7) is 2.13. The Morgan fingerprint density at radius 1 is 1.00 bits per heavy atom. The van der Waals surface area contributed by atoms with Crippen molar-refractivity contribution in [1.82, 2.24) is 10.6 Å². The van der Waals surface area contributed by atoms with Crippen molar-refractivity contribution in [2.24, 2.45) is 17.8 Å². The summed E-state index contributed by atoms with van der Waals surface area (Å²) >= 11 is 6.19. The fourth-order valence-electron chi connectivity index (χ4n) is 5.33. The van der Waals surface area contributed by atoms with Crippen LogP contribution in [0.3, 0.4) is 0 Å². The van der Waals surface area contributed by atoms with Crippen LogP contribution in [0.1, 0.15) is 61.0 Å². The highest BCUT2D eigenvalue weighted by molar-refractivity contribution is 6.33. The number of benzene rings is 2. The minimum Gasteiger partial charge on any atom is -0.353 e. The van der Waals surface area contributed by atoms with E-state index in [2.05, 4.69) is 17.6 Å². The van der Waals surface area contributed by atoms with E-state index >= 15 is 0 Å². The SMILES string of the molecule is C[C@H](NC(=O)C[C@H](NC(=O)c1ccccc1Cl)c1ccccc1)[C@H]1C[C@H]2CC[C@H]1C2. The van der Waals surface area contributed by atoms with Gasteiger partial charge in [0.25, 0.3) is 5.91 Å². The van der Waals surface area contributed by atoms with E-state index in [1.54, 1.807) is 24.3 Å². The van der Waals surface area contributed by atoms with Gasteiger partial charge in [-0.05, 0) is 61.6 Å². The minimum absolute atomic E-state index is 0.0291. The number of rotatable bonds is 7. The summed E-state index contributed by atoms with van der Waals surface area (Å²) in [7, 11) is 0. The molecule has 2 bridgehead atoms. The number of fused-ring (bicyclic) bond motifs is 2.